The minimum Gasteiger partial charge on any atom is -0.334 e. The lowest BCUT2D eigenvalue weighted by atomic mass is 9.92. The van der Waals surface area contributed by atoms with E-state index in [1.165, 1.54) is 0 Å². The maximum Gasteiger partial charge on any atom is 0.320 e. The van der Waals surface area contributed by atoms with E-state index in [1.807, 2.05) is 54.6 Å². The van der Waals surface area contributed by atoms with Crippen molar-refractivity contribution in [1.82, 2.24) is 15.1 Å². The highest BCUT2D eigenvalue weighted by molar-refractivity contribution is 6.32. The highest BCUT2D eigenvalue weighted by Gasteiger charge is 2.22. The van der Waals surface area contributed by atoms with Gasteiger partial charge in [0.1, 0.15) is 5.82 Å². The fourth-order valence-electron chi connectivity index (χ4n) is 2.58. The molecule has 2 aromatic carbocycles. The van der Waals surface area contributed by atoms with Crippen molar-refractivity contribution in [1.29, 1.82) is 0 Å². The van der Waals surface area contributed by atoms with E-state index in [9.17, 15) is 4.79 Å². The number of nitrogens with zero attached hydrogens (tertiary/aromatic N) is 2. The lowest BCUT2D eigenvalue weighted by molar-refractivity contribution is 0.251. The fourth-order valence-corrected chi connectivity index (χ4v) is 2.80. The number of anilines is 1. The van der Waals surface area contributed by atoms with Crippen molar-refractivity contribution in [3.8, 4) is 5.69 Å². The molecular formula is C21H23ClN4O. The molecule has 5 nitrogen and oxygen atoms in total. The molecule has 2 amide bonds. The Morgan fingerprint density at radius 1 is 1.07 bits per heavy atom. The van der Waals surface area contributed by atoms with Gasteiger partial charge in [-0.2, -0.15) is 5.10 Å². The Kier molecular flexibility index (Phi) is 5.51. The van der Waals surface area contributed by atoms with E-state index in [1.54, 1.807) is 10.7 Å². The third-order valence-electron chi connectivity index (χ3n) is 4.10. The molecule has 140 valence electrons. The zero-order chi connectivity index (χ0) is 19.4. The van der Waals surface area contributed by atoms with Crippen molar-refractivity contribution in [2.45, 2.75) is 32.7 Å². The van der Waals surface area contributed by atoms with Crippen LogP contribution in [0.25, 0.3) is 5.69 Å². The van der Waals surface area contributed by atoms with Crippen molar-refractivity contribution < 1.29 is 4.79 Å². The van der Waals surface area contributed by atoms with Gasteiger partial charge in [0.25, 0.3) is 0 Å². The first-order chi connectivity index (χ1) is 12.8. The number of halogens is 1. The number of benzene rings is 2. The maximum absolute atomic E-state index is 12.4. The number of rotatable bonds is 4. The molecule has 0 spiro atoms. The van der Waals surface area contributed by atoms with Crippen LogP contribution in [0.3, 0.4) is 0 Å². The molecule has 0 fully saturated rings. The number of amides is 2. The summed E-state index contributed by atoms with van der Waals surface area (Å²) >= 11 is 6.34. The van der Waals surface area contributed by atoms with E-state index >= 15 is 0 Å². The van der Waals surface area contributed by atoms with E-state index in [4.69, 9.17) is 11.6 Å². The summed E-state index contributed by atoms with van der Waals surface area (Å²) in [6.07, 6.45) is 0. The molecule has 0 aliphatic rings. The number of nitrogens with one attached hydrogen (secondary N) is 2. The Morgan fingerprint density at radius 2 is 1.74 bits per heavy atom. The van der Waals surface area contributed by atoms with Gasteiger partial charge in [-0.15, -0.1) is 0 Å². The topological polar surface area (TPSA) is 59.0 Å². The zero-order valence-electron chi connectivity index (χ0n) is 15.7. The molecular weight excluding hydrogens is 360 g/mol. The number of urea groups is 1. The lowest BCUT2D eigenvalue weighted by Crippen LogP contribution is -2.29. The molecule has 0 unspecified atom stereocenters. The van der Waals surface area contributed by atoms with E-state index < -0.39 is 0 Å². The summed E-state index contributed by atoms with van der Waals surface area (Å²) in [4.78, 5) is 12.4. The fraction of sp³-hybridized carbons (Fsp3) is 0.238. The van der Waals surface area contributed by atoms with Gasteiger partial charge in [0.15, 0.2) is 0 Å². The van der Waals surface area contributed by atoms with Crippen LogP contribution in [0.1, 0.15) is 32.0 Å². The van der Waals surface area contributed by atoms with Gasteiger partial charge in [-0.3, -0.25) is 5.32 Å². The molecule has 0 radical (unpaired) electrons. The van der Waals surface area contributed by atoms with Gasteiger partial charge in [0.05, 0.1) is 16.4 Å². The molecule has 3 aromatic rings. The second kappa shape index (κ2) is 7.84. The summed E-state index contributed by atoms with van der Waals surface area (Å²) in [6.45, 7) is 6.67. The molecule has 1 heterocycles. The number of carbonyl (C=O) groups excluding carboxylic acids is 1. The van der Waals surface area contributed by atoms with Crippen molar-refractivity contribution in [3.63, 3.8) is 0 Å². The number of hydrogen-bond acceptors (Lipinski definition) is 2. The molecule has 0 aliphatic heterocycles. The minimum absolute atomic E-state index is 0.163. The Balaban J connectivity index is 1.84. The van der Waals surface area contributed by atoms with Crippen LogP contribution in [-0.4, -0.2) is 15.8 Å². The van der Waals surface area contributed by atoms with E-state index in [2.05, 4.69) is 36.5 Å². The SMILES string of the molecule is CC(C)(C)c1cc(NC(=O)NCc2ccccc2)n(-c2ccccc2Cl)n1. The number of para-hydroxylation sites is 1. The molecule has 0 saturated heterocycles. The summed E-state index contributed by atoms with van der Waals surface area (Å²) in [6, 6.07) is 18.8. The first-order valence-electron chi connectivity index (χ1n) is 8.79. The highest BCUT2D eigenvalue weighted by Crippen LogP contribution is 2.28. The highest BCUT2D eigenvalue weighted by atomic mass is 35.5. The Morgan fingerprint density at radius 3 is 2.41 bits per heavy atom. The van der Waals surface area contributed by atoms with Gasteiger partial charge in [-0.1, -0.05) is 74.8 Å². The normalized spacial score (nSPS) is 11.3. The van der Waals surface area contributed by atoms with Crippen LogP contribution in [-0.2, 0) is 12.0 Å². The Labute approximate surface area is 164 Å². The summed E-state index contributed by atoms with van der Waals surface area (Å²) in [7, 11) is 0. The lowest BCUT2D eigenvalue weighted by Gasteiger charge is -2.14. The van der Waals surface area contributed by atoms with Gasteiger partial charge < -0.3 is 5.32 Å². The van der Waals surface area contributed by atoms with Gasteiger partial charge in [0.2, 0.25) is 0 Å². The predicted octanol–water partition coefficient (Wildman–Crippen LogP) is 5.14. The predicted molar refractivity (Wildman–Crippen MR) is 110 cm³/mol. The Hall–Kier alpha value is -2.79. The monoisotopic (exact) mass is 382 g/mol. The molecule has 0 aliphatic carbocycles. The zero-order valence-corrected chi connectivity index (χ0v) is 16.4. The van der Waals surface area contributed by atoms with E-state index in [0.29, 0.717) is 23.1 Å². The maximum atomic E-state index is 12.4. The molecule has 1 aromatic heterocycles. The summed E-state index contributed by atoms with van der Waals surface area (Å²) in [5, 5.41) is 11.0. The molecule has 0 saturated carbocycles. The number of aromatic nitrogens is 2. The smallest absolute Gasteiger partial charge is 0.320 e. The Bertz CT molecular complexity index is 929. The summed E-state index contributed by atoms with van der Waals surface area (Å²) in [5.74, 6) is 0.568. The molecule has 2 N–H and O–H groups in total. The van der Waals surface area contributed by atoms with Crippen molar-refractivity contribution in [2.75, 3.05) is 5.32 Å². The third kappa shape index (κ3) is 4.68. The third-order valence-corrected chi connectivity index (χ3v) is 4.42. The van der Waals surface area contributed by atoms with Crippen LogP contribution >= 0.6 is 11.6 Å². The van der Waals surface area contributed by atoms with Crippen molar-refractivity contribution in [3.05, 3.63) is 76.9 Å². The van der Waals surface area contributed by atoms with Gasteiger partial charge in [-0.05, 0) is 17.7 Å². The van der Waals surface area contributed by atoms with Gasteiger partial charge >= 0.3 is 6.03 Å². The molecule has 0 bridgehead atoms. The van der Waals surface area contributed by atoms with Crippen LogP contribution < -0.4 is 10.6 Å². The summed E-state index contributed by atoms with van der Waals surface area (Å²) in [5.41, 5.74) is 2.44. The van der Waals surface area contributed by atoms with Crippen molar-refractivity contribution >= 4 is 23.4 Å². The van der Waals surface area contributed by atoms with Crippen molar-refractivity contribution in [2.24, 2.45) is 0 Å². The average Bonchev–Trinajstić information content (AvgIpc) is 3.05. The van der Waals surface area contributed by atoms with E-state index in [-0.39, 0.29) is 11.4 Å². The molecule has 3 rings (SSSR count). The second-order valence-corrected chi connectivity index (χ2v) is 7.73. The molecule has 27 heavy (non-hydrogen) atoms. The van der Waals surface area contributed by atoms with Gasteiger partial charge in [0, 0.05) is 18.0 Å². The van der Waals surface area contributed by atoms with Crippen LogP contribution in [0.2, 0.25) is 5.02 Å². The average molecular weight is 383 g/mol. The first kappa shape index (κ1) is 19.0. The van der Waals surface area contributed by atoms with Crippen LogP contribution in [0.4, 0.5) is 10.6 Å². The second-order valence-electron chi connectivity index (χ2n) is 7.32. The number of hydrogen-bond donors (Lipinski definition) is 2. The molecule has 0 atom stereocenters. The number of carbonyl (C=O) groups is 1. The van der Waals surface area contributed by atoms with Crippen LogP contribution in [0.15, 0.2) is 60.7 Å². The largest absolute Gasteiger partial charge is 0.334 e. The van der Waals surface area contributed by atoms with Gasteiger partial charge in [-0.25, -0.2) is 9.48 Å². The minimum atomic E-state index is -0.299. The summed E-state index contributed by atoms with van der Waals surface area (Å²) < 4.78 is 1.67. The quantitative estimate of drug-likeness (QED) is 0.655. The standard InChI is InChI=1S/C21H23ClN4O/c1-21(2,3)18-13-19(26(25-18)17-12-8-7-11-16(17)22)24-20(27)23-14-15-9-5-4-6-10-15/h4-13H,14H2,1-3H3,(H2,23,24,27). The van der Waals surface area contributed by atoms with Crippen LogP contribution in [0, 0.1) is 0 Å². The first-order valence-corrected chi connectivity index (χ1v) is 9.16. The molecule has 6 heteroatoms. The van der Waals surface area contributed by atoms with Crippen LogP contribution in [0.5, 0.6) is 0 Å². The van der Waals surface area contributed by atoms with E-state index in [0.717, 1.165) is 11.3 Å².